The lowest BCUT2D eigenvalue weighted by Crippen LogP contribution is -2.17. The molecule has 1 aromatic carbocycles. The van der Waals surface area contributed by atoms with Gasteiger partial charge in [0.1, 0.15) is 0 Å². The first-order chi connectivity index (χ1) is 8.51. The monoisotopic (exact) mass is 298 g/mol. The number of nitrogens with two attached hydrogens (primary N) is 1. The number of nitrogens with one attached hydrogen (secondary N) is 1. The summed E-state index contributed by atoms with van der Waals surface area (Å²) in [6.07, 6.45) is -4.48. The van der Waals surface area contributed by atoms with Crippen molar-refractivity contribution >= 4 is 19.0 Å². The molecule has 0 amide bonds. The lowest BCUT2D eigenvalue weighted by molar-refractivity contribution is -0.137. The second kappa shape index (κ2) is 5.40. The van der Waals surface area contributed by atoms with E-state index in [1.165, 1.54) is 6.92 Å². The molecule has 0 fully saturated rings. The van der Waals surface area contributed by atoms with E-state index in [9.17, 15) is 17.7 Å². The number of hydrogen-bond donors (Lipinski definition) is 4. The summed E-state index contributed by atoms with van der Waals surface area (Å²) in [5.41, 5.74) is 3.69. The molecule has 0 spiro atoms. The molecule has 0 aliphatic carbocycles. The van der Waals surface area contributed by atoms with Crippen LogP contribution in [0.2, 0.25) is 0 Å². The van der Waals surface area contributed by atoms with E-state index >= 15 is 0 Å². The van der Waals surface area contributed by atoms with Gasteiger partial charge in [0.05, 0.1) is 22.6 Å². The molecule has 9 heteroatoms. The molecule has 5 N–H and O–H groups in total. The third-order valence-electron chi connectivity index (χ3n) is 2.54. The van der Waals surface area contributed by atoms with Gasteiger partial charge in [-0.25, -0.2) is 0 Å². The van der Waals surface area contributed by atoms with Crippen LogP contribution >= 0.6 is 7.60 Å². The molecule has 108 valence electrons. The summed E-state index contributed by atoms with van der Waals surface area (Å²) in [6.45, 7) is 1.23. The van der Waals surface area contributed by atoms with Crippen LogP contribution in [-0.2, 0) is 10.7 Å². The molecule has 0 saturated carbocycles. The van der Waals surface area contributed by atoms with Crippen LogP contribution in [-0.4, -0.2) is 22.0 Å². The topological polar surface area (TPSA) is 95.6 Å². The van der Waals surface area contributed by atoms with E-state index in [2.05, 4.69) is 5.32 Å². The Kier molecular flexibility index (Phi) is 4.50. The number of halogens is 3. The quantitative estimate of drug-likeness (QED) is 0.505. The minimum atomic E-state index is -4.48. The number of rotatable bonds is 4. The summed E-state index contributed by atoms with van der Waals surface area (Å²) >= 11 is 0. The molecule has 0 aliphatic rings. The van der Waals surface area contributed by atoms with Crippen molar-refractivity contribution in [2.45, 2.75) is 18.8 Å². The summed E-state index contributed by atoms with van der Waals surface area (Å²) in [5.74, 6) is 0. The second-order valence-corrected chi connectivity index (χ2v) is 6.18. The summed E-state index contributed by atoms with van der Waals surface area (Å²) in [7, 11) is -4.23. The SMILES string of the molecule is CC(CNc1ccc(C(F)(F)F)cc1N)P(=O)(O)O. The van der Waals surface area contributed by atoms with Gasteiger partial charge in [0.15, 0.2) is 0 Å². The largest absolute Gasteiger partial charge is 0.416 e. The summed E-state index contributed by atoms with van der Waals surface area (Å²) in [5, 5.41) is 2.61. The molecule has 1 rings (SSSR count). The van der Waals surface area contributed by atoms with E-state index in [-0.39, 0.29) is 17.9 Å². The highest BCUT2D eigenvalue weighted by molar-refractivity contribution is 7.52. The van der Waals surface area contributed by atoms with Gasteiger partial charge in [-0.1, -0.05) is 0 Å². The van der Waals surface area contributed by atoms with E-state index in [1.807, 2.05) is 0 Å². The predicted molar refractivity (Wildman–Crippen MR) is 65.9 cm³/mol. The lowest BCUT2D eigenvalue weighted by atomic mass is 10.1. The number of nitrogen functional groups attached to an aromatic ring is 1. The molecule has 0 heterocycles. The minimum Gasteiger partial charge on any atom is -0.397 e. The van der Waals surface area contributed by atoms with Crippen LogP contribution in [0, 0.1) is 0 Å². The van der Waals surface area contributed by atoms with Crippen LogP contribution in [0.5, 0.6) is 0 Å². The van der Waals surface area contributed by atoms with Crippen molar-refractivity contribution in [3.63, 3.8) is 0 Å². The Bertz CT molecular complexity index is 501. The summed E-state index contributed by atoms with van der Waals surface area (Å²) in [6, 6.07) is 2.75. The Morgan fingerprint density at radius 1 is 1.42 bits per heavy atom. The number of anilines is 2. The van der Waals surface area contributed by atoms with E-state index < -0.39 is 25.0 Å². The molecule has 1 unspecified atom stereocenters. The van der Waals surface area contributed by atoms with Crippen molar-refractivity contribution in [1.29, 1.82) is 0 Å². The molecule has 19 heavy (non-hydrogen) atoms. The predicted octanol–water partition coefficient (Wildman–Crippen LogP) is 2.27. The van der Waals surface area contributed by atoms with Crippen LogP contribution in [0.3, 0.4) is 0 Å². The number of alkyl halides is 3. The van der Waals surface area contributed by atoms with Gasteiger partial charge in [0, 0.05) is 6.54 Å². The maximum absolute atomic E-state index is 12.4. The summed E-state index contributed by atoms with van der Waals surface area (Å²) < 4.78 is 48.1. The molecular weight excluding hydrogens is 284 g/mol. The standard InChI is InChI=1S/C10H14F3N2O3P/c1-6(19(16,17)18)5-15-9-3-2-7(4-8(9)14)10(11,12)13/h2-4,6,15H,5,14H2,1H3,(H2,16,17,18). The fraction of sp³-hybridized carbons (Fsp3) is 0.400. The van der Waals surface area contributed by atoms with Gasteiger partial charge < -0.3 is 20.8 Å². The average Bonchev–Trinajstić information content (AvgIpc) is 2.24. The number of benzene rings is 1. The molecule has 1 atom stereocenters. The lowest BCUT2D eigenvalue weighted by Gasteiger charge is -2.17. The highest BCUT2D eigenvalue weighted by Crippen LogP contribution is 2.41. The molecule has 0 saturated heterocycles. The van der Waals surface area contributed by atoms with Crippen LogP contribution < -0.4 is 11.1 Å². The first kappa shape index (κ1) is 15.8. The Hall–Kier alpha value is -1.24. The molecule has 0 radical (unpaired) electrons. The van der Waals surface area contributed by atoms with E-state index in [0.29, 0.717) is 0 Å². The number of hydrogen-bond acceptors (Lipinski definition) is 3. The molecule has 0 bridgehead atoms. The zero-order valence-electron chi connectivity index (χ0n) is 9.98. The van der Waals surface area contributed by atoms with Crippen molar-refractivity contribution in [3.8, 4) is 0 Å². The van der Waals surface area contributed by atoms with Crippen molar-refractivity contribution in [2.24, 2.45) is 0 Å². The fourth-order valence-corrected chi connectivity index (χ4v) is 1.61. The normalized spacial score (nSPS) is 14.2. The first-order valence-corrected chi connectivity index (χ1v) is 6.96. The van der Waals surface area contributed by atoms with Gasteiger partial charge in [0.2, 0.25) is 0 Å². The highest BCUT2D eigenvalue weighted by atomic mass is 31.2. The zero-order valence-corrected chi connectivity index (χ0v) is 10.9. The van der Waals surface area contributed by atoms with Crippen LogP contribution in [0.15, 0.2) is 18.2 Å². The molecule has 0 aliphatic heterocycles. The molecular formula is C10H14F3N2O3P. The fourth-order valence-electron chi connectivity index (χ4n) is 1.28. The highest BCUT2D eigenvalue weighted by Gasteiger charge is 2.31. The van der Waals surface area contributed by atoms with E-state index in [1.54, 1.807) is 0 Å². The third kappa shape index (κ3) is 4.41. The first-order valence-electron chi connectivity index (χ1n) is 5.27. The maximum Gasteiger partial charge on any atom is 0.416 e. The van der Waals surface area contributed by atoms with Gasteiger partial charge >= 0.3 is 13.8 Å². The van der Waals surface area contributed by atoms with Gasteiger partial charge in [-0.15, -0.1) is 0 Å². The summed E-state index contributed by atoms with van der Waals surface area (Å²) in [4.78, 5) is 17.8. The van der Waals surface area contributed by atoms with Crippen molar-refractivity contribution in [2.75, 3.05) is 17.6 Å². The zero-order chi connectivity index (χ0) is 14.8. The Labute approximate surface area is 107 Å². The van der Waals surface area contributed by atoms with Crippen molar-refractivity contribution in [3.05, 3.63) is 23.8 Å². The maximum atomic E-state index is 12.4. The average molecular weight is 298 g/mol. The van der Waals surface area contributed by atoms with Gasteiger partial charge in [-0.05, 0) is 25.1 Å². The smallest absolute Gasteiger partial charge is 0.397 e. The Balaban J connectivity index is 2.79. The van der Waals surface area contributed by atoms with E-state index in [0.717, 1.165) is 18.2 Å². The van der Waals surface area contributed by atoms with E-state index in [4.69, 9.17) is 15.5 Å². The van der Waals surface area contributed by atoms with Crippen LogP contribution in [0.25, 0.3) is 0 Å². The van der Waals surface area contributed by atoms with Crippen molar-refractivity contribution < 1.29 is 27.5 Å². The molecule has 0 aromatic heterocycles. The molecule has 1 aromatic rings. The van der Waals surface area contributed by atoms with Crippen molar-refractivity contribution in [1.82, 2.24) is 0 Å². The Morgan fingerprint density at radius 3 is 2.42 bits per heavy atom. The second-order valence-electron chi connectivity index (χ2n) is 4.12. The van der Waals surface area contributed by atoms with Crippen LogP contribution in [0.1, 0.15) is 12.5 Å². The van der Waals surface area contributed by atoms with Crippen LogP contribution in [0.4, 0.5) is 24.5 Å². The van der Waals surface area contributed by atoms with Gasteiger partial charge in [0.25, 0.3) is 0 Å². The third-order valence-corrected chi connectivity index (χ3v) is 3.87. The molecule has 5 nitrogen and oxygen atoms in total. The Morgan fingerprint density at radius 2 is 2.00 bits per heavy atom. The van der Waals surface area contributed by atoms with Gasteiger partial charge in [-0.3, -0.25) is 4.57 Å². The van der Waals surface area contributed by atoms with Gasteiger partial charge in [-0.2, -0.15) is 13.2 Å². The minimum absolute atomic E-state index is 0.0974.